The SMILES string of the molecule is Cc1cccc(NC(=O)NCOc2ccc(Cl)cc2)c1C. The number of carbonyl (C=O) groups excluding carboxylic acids is 1. The summed E-state index contributed by atoms with van der Waals surface area (Å²) in [5, 5.41) is 6.07. The van der Waals surface area contributed by atoms with E-state index in [0.29, 0.717) is 10.8 Å². The van der Waals surface area contributed by atoms with Gasteiger partial charge in [0.05, 0.1) is 0 Å². The average Bonchev–Trinajstić information content (AvgIpc) is 2.46. The van der Waals surface area contributed by atoms with Gasteiger partial charge in [-0.1, -0.05) is 23.7 Å². The lowest BCUT2D eigenvalue weighted by Crippen LogP contribution is -2.32. The zero-order valence-electron chi connectivity index (χ0n) is 11.9. The second kappa shape index (κ2) is 6.99. The quantitative estimate of drug-likeness (QED) is 0.835. The third-order valence-electron chi connectivity index (χ3n) is 3.14. The molecule has 0 saturated carbocycles. The Morgan fingerprint density at radius 3 is 2.57 bits per heavy atom. The number of aryl methyl sites for hydroxylation is 1. The minimum absolute atomic E-state index is 0.0817. The third kappa shape index (κ3) is 4.39. The van der Waals surface area contributed by atoms with Crippen molar-refractivity contribution in [2.75, 3.05) is 12.0 Å². The number of anilines is 1. The molecule has 0 bridgehead atoms. The Labute approximate surface area is 129 Å². The van der Waals surface area contributed by atoms with Crippen LogP contribution in [0.25, 0.3) is 0 Å². The molecule has 110 valence electrons. The van der Waals surface area contributed by atoms with Crippen LogP contribution in [0.2, 0.25) is 5.02 Å². The largest absolute Gasteiger partial charge is 0.473 e. The van der Waals surface area contributed by atoms with Crippen molar-refractivity contribution < 1.29 is 9.53 Å². The molecule has 5 heteroatoms. The molecule has 2 aromatic rings. The Morgan fingerprint density at radius 1 is 1.14 bits per heavy atom. The van der Waals surface area contributed by atoms with Gasteiger partial charge in [-0.25, -0.2) is 4.79 Å². The van der Waals surface area contributed by atoms with Gasteiger partial charge in [-0.3, -0.25) is 0 Å². The molecule has 0 aliphatic carbocycles. The first kappa shape index (κ1) is 15.2. The minimum Gasteiger partial charge on any atom is -0.473 e. The summed E-state index contributed by atoms with van der Waals surface area (Å²) in [6.07, 6.45) is 0. The number of hydrogen-bond donors (Lipinski definition) is 2. The average molecular weight is 305 g/mol. The molecule has 0 radical (unpaired) electrons. The molecule has 0 aliphatic rings. The monoisotopic (exact) mass is 304 g/mol. The maximum Gasteiger partial charge on any atom is 0.321 e. The van der Waals surface area contributed by atoms with E-state index in [9.17, 15) is 4.79 Å². The Bertz CT molecular complexity index is 627. The molecule has 4 nitrogen and oxygen atoms in total. The van der Waals surface area contributed by atoms with Crippen LogP contribution < -0.4 is 15.4 Å². The molecule has 0 aromatic heterocycles. The number of urea groups is 1. The minimum atomic E-state index is -0.308. The van der Waals surface area contributed by atoms with Gasteiger partial charge in [-0.2, -0.15) is 0 Å². The normalized spacial score (nSPS) is 10.0. The van der Waals surface area contributed by atoms with Crippen LogP contribution in [0, 0.1) is 13.8 Å². The van der Waals surface area contributed by atoms with Gasteiger partial charge in [0, 0.05) is 10.7 Å². The lowest BCUT2D eigenvalue weighted by Gasteiger charge is -2.12. The molecule has 0 fully saturated rings. The number of benzene rings is 2. The standard InChI is InChI=1S/C16H17ClN2O2/c1-11-4-3-5-15(12(11)2)19-16(20)18-10-21-14-8-6-13(17)7-9-14/h3-9H,10H2,1-2H3,(H2,18,19,20). The van der Waals surface area contributed by atoms with Crippen LogP contribution in [0.5, 0.6) is 5.75 Å². The van der Waals surface area contributed by atoms with Gasteiger partial charge in [0.2, 0.25) is 0 Å². The van der Waals surface area contributed by atoms with E-state index in [0.717, 1.165) is 16.8 Å². The van der Waals surface area contributed by atoms with Crippen LogP contribution in [-0.2, 0) is 0 Å². The molecule has 0 aliphatic heterocycles. The Hall–Kier alpha value is -2.20. The van der Waals surface area contributed by atoms with E-state index in [1.165, 1.54) is 0 Å². The smallest absolute Gasteiger partial charge is 0.321 e. The molecule has 2 aromatic carbocycles. The second-order valence-electron chi connectivity index (χ2n) is 4.62. The van der Waals surface area contributed by atoms with Crippen molar-refractivity contribution in [1.29, 1.82) is 0 Å². The van der Waals surface area contributed by atoms with Crippen LogP contribution in [0.15, 0.2) is 42.5 Å². The van der Waals surface area contributed by atoms with Crippen LogP contribution in [-0.4, -0.2) is 12.8 Å². The van der Waals surface area contributed by atoms with E-state index in [1.807, 2.05) is 32.0 Å². The number of halogens is 1. The van der Waals surface area contributed by atoms with Gasteiger partial charge in [0.15, 0.2) is 6.73 Å². The zero-order valence-corrected chi connectivity index (χ0v) is 12.7. The first-order valence-electron chi connectivity index (χ1n) is 6.55. The highest BCUT2D eigenvalue weighted by Crippen LogP contribution is 2.18. The molecule has 2 N–H and O–H groups in total. The summed E-state index contributed by atoms with van der Waals surface area (Å²) >= 11 is 5.78. The highest BCUT2D eigenvalue weighted by Gasteiger charge is 2.05. The summed E-state index contributed by atoms with van der Waals surface area (Å²) < 4.78 is 5.39. The predicted molar refractivity (Wildman–Crippen MR) is 85.0 cm³/mol. The highest BCUT2D eigenvalue weighted by atomic mass is 35.5. The number of amides is 2. The lowest BCUT2D eigenvalue weighted by molar-refractivity contribution is 0.234. The van der Waals surface area contributed by atoms with Gasteiger partial charge in [-0.15, -0.1) is 0 Å². The van der Waals surface area contributed by atoms with Crippen molar-refractivity contribution in [2.45, 2.75) is 13.8 Å². The summed E-state index contributed by atoms with van der Waals surface area (Å²) in [5.41, 5.74) is 2.97. The fraction of sp³-hybridized carbons (Fsp3) is 0.188. The van der Waals surface area contributed by atoms with E-state index in [-0.39, 0.29) is 12.8 Å². The van der Waals surface area contributed by atoms with Gasteiger partial charge >= 0.3 is 6.03 Å². The predicted octanol–water partition coefficient (Wildman–Crippen LogP) is 4.11. The van der Waals surface area contributed by atoms with Crippen LogP contribution in [0.4, 0.5) is 10.5 Å². The van der Waals surface area contributed by atoms with Crippen molar-refractivity contribution in [3.05, 3.63) is 58.6 Å². The van der Waals surface area contributed by atoms with Crippen molar-refractivity contribution in [3.63, 3.8) is 0 Å². The van der Waals surface area contributed by atoms with E-state index >= 15 is 0 Å². The van der Waals surface area contributed by atoms with Crippen LogP contribution in [0.1, 0.15) is 11.1 Å². The van der Waals surface area contributed by atoms with E-state index in [1.54, 1.807) is 24.3 Å². The van der Waals surface area contributed by atoms with Gasteiger partial charge in [-0.05, 0) is 55.3 Å². The number of ether oxygens (including phenoxy) is 1. The maximum atomic E-state index is 11.8. The summed E-state index contributed by atoms with van der Waals surface area (Å²) in [7, 11) is 0. The molecule has 2 rings (SSSR count). The Kier molecular flexibility index (Phi) is 5.06. The summed E-state index contributed by atoms with van der Waals surface area (Å²) in [6, 6.07) is 12.4. The van der Waals surface area contributed by atoms with Gasteiger partial charge in [0.1, 0.15) is 5.75 Å². The van der Waals surface area contributed by atoms with Crippen molar-refractivity contribution >= 4 is 23.3 Å². The summed E-state index contributed by atoms with van der Waals surface area (Å²) in [5.74, 6) is 0.645. The van der Waals surface area contributed by atoms with Crippen molar-refractivity contribution in [2.24, 2.45) is 0 Å². The van der Waals surface area contributed by atoms with Gasteiger partial charge < -0.3 is 15.4 Å². The summed E-state index contributed by atoms with van der Waals surface area (Å²) in [6.45, 7) is 4.05. The lowest BCUT2D eigenvalue weighted by atomic mass is 10.1. The molecule has 0 unspecified atom stereocenters. The maximum absolute atomic E-state index is 11.8. The molecule has 2 amide bonds. The molecular weight excluding hydrogens is 288 g/mol. The zero-order chi connectivity index (χ0) is 15.2. The third-order valence-corrected chi connectivity index (χ3v) is 3.39. The van der Waals surface area contributed by atoms with Crippen molar-refractivity contribution in [3.8, 4) is 5.75 Å². The summed E-state index contributed by atoms with van der Waals surface area (Å²) in [4.78, 5) is 11.8. The number of hydrogen-bond acceptors (Lipinski definition) is 2. The number of carbonyl (C=O) groups is 1. The van der Waals surface area contributed by atoms with Crippen molar-refractivity contribution in [1.82, 2.24) is 5.32 Å². The van der Waals surface area contributed by atoms with Crippen LogP contribution >= 0.6 is 11.6 Å². The van der Waals surface area contributed by atoms with E-state index < -0.39 is 0 Å². The first-order valence-corrected chi connectivity index (χ1v) is 6.93. The van der Waals surface area contributed by atoms with Crippen LogP contribution in [0.3, 0.4) is 0 Å². The van der Waals surface area contributed by atoms with Gasteiger partial charge in [0.25, 0.3) is 0 Å². The number of rotatable bonds is 4. The second-order valence-corrected chi connectivity index (χ2v) is 5.06. The molecule has 0 heterocycles. The molecule has 21 heavy (non-hydrogen) atoms. The number of nitrogens with one attached hydrogen (secondary N) is 2. The molecule has 0 spiro atoms. The topological polar surface area (TPSA) is 50.4 Å². The first-order chi connectivity index (χ1) is 10.1. The fourth-order valence-electron chi connectivity index (χ4n) is 1.77. The molecule has 0 saturated heterocycles. The fourth-order valence-corrected chi connectivity index (χ4v) is 1.89. The Balaban J connectivity index is 1.82. The molecule has 0 atom stereocenters. The van der Waals surface area contributed by atoms with E-state index in [4.69, 9.17) is 16.3 Å². The van der Waals surface area contributed by atoms with E-state index in [2.05, 4.69) is 10.6 Å². The molecular formula is C16H17ClN2O2. The highest BCUT2D eigenvalue weighted by molar-refractivity contribution is 6.30. The Morgan fingerprint density at radius 2 is 1.86 bits per heavy atom.